The van der Waals surface area contributed by atoms with Crippen LogP contribution in [0.25, 0.3) is 11.1 Å². The Morgan fingerprint density at radius 2 is 1.90 bits per heavy atom. The van der Waals surface area contributed by atoms with Crippen LogP contribution in [-0.2, 0) is 0 Å². The van der Waals surface area contributed by atoms with Crippen LogP contribution < -0.4 is 4.74 Å². The molecule has 0 spiro atoms. The maximum absolute atomic E-state index is 12.4. The van der Waals surface area contributed by atoms with Gasteiger partial charge in [-0.05, 0) is 12.1 Å². The fourth-order valence-electron chi connectivity index (χ4n) is 1.62. The van der Waals surface area contributed by atoms with Crippen LogP contribution in [0.15, 0.2) is 36.5 Å². The maximum atomic E-state index is 12.4. The van der Waals surface area contributed by atoms with Crippen molar-refractivity contribution in [3.63, 3.8) is 0 Å². The third kappa shape index (κ3) is 3.27. The van der Waals surface area contributed by atoms with E-state index in [0.29, 0.717) is 6.29 Å². The van der Waals surface area contributed by atoms with Crippen molar-refractivity contribution in [2.45, 2.75) is 6.36 Å². The molecule has 0 bridgehead atoms. The Bertz CT molecular complexity index is 644. The molecule has 0 aliphatic rings. The number of hydrogen-bond acceptors (Lipinski definition) is 3. The van der Waals surface area contributed by atoms with Crippen molar-refractivity contribution >= 4 is 17.9 Å². The molecule has 1 aromatic heterocycles. The molecule has 0 saturated heterocycles. The summed E-state index contributed by atoms with van der Waals surface area (Å²) in [5, 5.41) is -0.0196. The lowest BCUT2D eigenvalue weighted by molar-refractivity contribution is -0.274. The summed E-state index contributed by atoms with van der Waals surface area (Å²) in [5.74, 6) is -0.410. The van der Waals surface area contributed by atoms with Crippen LogP contribution in [0.1, 0.15) is 10.4 Å². The number of alkyl halides is 3. The summed E-state index contributed by atoms with van der Waals surface area (Å²) in [7, 11) is 0. The Morgan fingerprint density at radius 3 is 2.55 bits per heavy atom. The Kier molecular flexibility index (Phi) is 3.94. The summed E-state index contributed by atoms with van der Waals surface area (Å²) in [4.78, 5) is 14.5. The molecule has 0 saturated carbocycles. The Hall–Kier alpha value is -2.08. The number of hydrogen-bond donors (Lipinski definition) is 0. The van der Waals surface area contributed by atoms with Crippen LogP contribution >= 0.6 is 11.6 Å². The highest BCUT2D eigenvalue weighted by Crippen LogP contribution is 2.36. The molecular formula is C13H7ClF3NO2. The third-order valence-corrected chi connectivity index (χ3v) is 2.70. The average molecular weight is 302 g/mol. The highest BCUT2D eigenvalue weighted by atomic mass is 35.5. The lowest BCUT2D eigenvalue weighted by Gasteiger charge is -2.13. The zero-order chi connectivity index (χ0) is 14.8. The smallest absolute Gasteiger partial charge is 0.405 e. The van der Waals surface area contributed by atoms with Crippen LogP contribution in [0.2, 0.25) is 5.15 Å². The monoisotopic (exact) mass is 301 g/mol. The molecule has 1 aromatic carbocycles. The van der Waals surface area contributed by atoms with Crippen LogP contribution in [0, 0.1) is 0 Å². The van der Waals surface area contributed by atoms with E-state index in [1.807, 2.05) is 0 Å². The maximum Gasteiger partial charge on any atom is 0.573 e. The normalized spacial score (nSPS) is 11.2. The predicted molar refractivity (Wildman–Crippen MR) is 66.8 cm³/mol. The second kappa shape index (κ2) is 5.50. The van der Waals surface area contributed by atoms with Gasteiger partial charge in [0.05, 0.1) is 0 Å². The number of carbonyl (C=O) groups excluding carboxylic acids is 1. The third-order valence-electron chi connectivity index (χ3n) is 2.40. The van der Waals surface area contributed by atoms with Gasteiger partial charge in [-0.3, -0.25) is 4.79 Å². The number of ether oxygens (including phenoxy) is 1. The molecule has 20 heavy (non-hydrogen) atoms. The number of aldehydes is 1. The van der Waals surface area contributed by atoms with Gasteiger partial charge in [0.25, 0.3) is 0 Å². The number of rotatable bonds is 3. The first-order valence-corrected chi connectivity index (χ1v) is 5.74. The lowest BCUT2D eigenvalue weighted by Crippen LogP contribution is -2.17. The van der Waals surface area contributed by atoms with E-state index in [2.05, 4.69) is 9.72 Å². The van der Waals surface area contributed by atoms with Gasteiger partial charge in [-0.2, -0.15) is 0 Å². The van der Waals surface area contributed by atoms with Gasteiger partial charge in [0.2, 0.25) is 0 Å². The van der Waals surface area contributed by atoms with E-state index in [4.69, 9.17) is 11.6 Å². The fourth-order valence-corrected chi connectivity index (χ4v) is 1.83. The number of para-hydroxylation sites is 1. The number of aromatic nitrogens is 1. The summed E-state index contributed by atoms with van der Waals surface area (Å²) >= 11 is 5.87. The zero-order valence-corrected chi connectivity index (χ0v) is 10.6. The van der Waals surface area contributed by atoms with Gasteiger partial charge in [0.1, 0.15) is 10.9 Å². The molecule has 0 fully saturated rings. The molecule has 3 nitrogen and oxygen atoms in total. The Labute approximate surface area is 117 Å². The van der Waals surface area contributed by atoms with Gasteiger partial charge in [-0.1, -0.05) is 29.8 Å². The number of nitrogens with zero attached hydrogens (tertiary/aromatic N) is 1. The molecular weight excluding hydrogens is 295 g/mol. The van der Waals surface area contributed by atoms with Gasteiger partial charge >= 0.3 is 6.36 Å². The molecule has 0 atom stereocenters. The van der Waals surface area contributed by atoms with E-state index < -0.39 is 12.1 Å². The summed E-state index contributed by atoms with van der Waals surface area (Å²) in [6, 6.07) is 6.84. The molecule has 0 aliphatic carbocycles. The van der Waals surface area contributed by atoms with E-state index in [1.165, 1.54) is 30.5 Å². The predicted octanol–water partition coefficient (Wildman–Crippen LogP) is 4.11. The molecule has 104 valence electrons. The largest absolute Gasteiger partial charge is 0.573 e. The quantitative estimate of drug-likeness (QED) is 0.632. The van der Waals surface area contributed by atoms with Gasteiger partial charge in [0.15, 0.2) is 6.29 Å². The summed E-state index contributed by atoms with van der Waals surface area (Å²) in [6.07, 6.45) is -3.07. The van der Waals surface area contributed by atoms with Gasteiger partial charge < -0.3 is 4.74 Å². The molecule has 2 aromatic rings. The number of pyridine rings is 1. The first-order chi connectivity index (χ1) is 9.40. The van der Waals surface area contributed by atoms with Crippen molar-refractivity contribution < 1.29 is 22.7 Å². The second-order valence-corrected chi connectivity index (χ2v) is 4.13. The molecule has 0 radical (unpaired) electrons. The van der Waals surface area contributed by atoms with E-state index in [1.54, 1.807) is 0 Å². The minimum Gasteiger partial charge on any atom is -0.405 e. The summed E-state index contributed by atoms with van der Waals surface area (Å²) in [6.45, 7) is 0. The highest BCUT2D eigenvalue weighted by Gasteiger charge is 2.32. The second-order valence-electron chi connectivity index (χ2n) is 3.77. The number of carbonyl (C=O) groups is 1. The fraction of sp³-hybridized carbons (Fsp3) is 0.0769. The molecule has 0 unspecified atom stereocenters. The van der Waals surface area contributed by atoms with Crippen LogP contribution in [-0.4, -0.2) is 17.6 Å². The van der Waals surface area contributed by atoms with Crippen molar-refractivity contribution in [3.05, 3.63) is 47.2 Å². The summed E-state index contributed by atoms with van der Waals surface area (Å²) in [5.41, 5.74) is 0.494. The highest BCUT2D eigenvalue weighted by molar-refractivity contribution is 6.32. The Balaban J connectivity index is 2.55. The van der Waals surface area contributed by atoms with Crippen LogP contribution in [0.5, 0.6) is 5.75 Å². The van der Waals surface area contributed by atoms with Crippen LogP contribution in [0.4, 0.5) is 13.2 Å². The number of halogens is 4. The van der Waals surface area contributed by atoms with Crippen molar-refractivity contribution in [1.29, 1.82) is 0 Å². The first kappa shape index (κ1) is 14.3. The molecule has 0 N–H and O–H groups in total. The van der Waals surface area contributed by atoms with Gasteiger partial charge in [-0.25, -0.2) is 4.98 Å². The van der Waals surface area contributed by atoms with E-state index in [9.17, 15) is 18.0 Å². The molecule has 7 heteroatoms. The van der Waals surface area contributed by atoms with Gasteiger partial charge in [0, 0.05) is 22.9 Å². The van der Waals surface area contributed by atoms with Crippen LogP contribution in [0.3, 0.4) is 0 Å². The van der Waals surface area contributed by atoms with Gasteiger partial charge in [-0.15, -0.1) is 13.2 Å². The zero-order valence-electron chi connectivity index (χ0n) is 9.82. The molecule has 2 rings (SSSR count). The molecule has 0 aliphatic heterocycles. The van der Waals surface area contributed by atoms with E-state index in [-0.39, 0.29) is 21.8 Å². The van der Waals surface area contributed by atoms with Crippen molar-refractivity contribution in [1.82, 2.24) is 4.98 Å². The molecule has 0 amide bonds. The lowest BCUT2D eigenvalue weighted by atomic mass is 10.1. The minimum atomic E-state index is -4.82. The molecule has 1 heterocycles. The van der Waals surface area contributed by atoms with Crippen molar-refractivity contribution in [2.24, 2.45) is 0 Å². The van der Waals surface area contributed by atoms with Crippen molar-refractivity contribution in [2.75, 3.05) is 0 Å². The standard InChI is InChI=1S/C13H7ClF3NO2/c14-12-10(5-8(7-19)6-18-12)9-3-1-2-4-11(9)20-13(15,16)17/h1-7H. The van der Waals surface area contributed by atoms with E-state index >= 15 is 0 Å². The minimum absolute atomic E-state index is 0.0196. The topological polar surface area (TPSA) is 39.2 Å². The van der Waals surface area contributed by atoms with Crippen molar-refractivity contribution in [3.8, 4) is 16.9 Å². The Morgan fingerprint density at radius 1 is 1.20 bits per heavy atom. The summed E-state index contributed by atoms with van der Waals surface area (Å²) < 4.78 is 41.0. The number of benzene rings is 1. The average Bonchev–Trinajstić information content (AvgIpc) is 2.38. The van der Waals surface area contributed by atoms with E-state index in [0.717, 1.165) is 6.07 Å². The SMILES string of the molecule is O=Cc1cnc(Cl)c(-c2ccccc2OC(F)(F)F)c1. The first-order valence-electron chi connectivity index (χ1n) is 5.36.